The second-order valence-electron chi connectivity index (χ2n) is 5.06. The monoisotopic (exact) mass is 183 g/mol. The lowest BCUT2D eigenvalue weighted by Crippen LogP contribution is -2.15. The minimum atomic E-state index is 0.573. The maximum absolute atomic E-state index is 2.42. The first-order valence-electron chi connectivity index (χ1n) is 5.82. The van der Waals surface area contributed by atoms with Crippen LogP contribution in [-0.2, 0) is 0 Å². The highest BCUT2D eigenvalue weighted by Crippen LogP contribution is 2.33. The summed E-state index contributed by atoms with van der Waals surface area (Å²) in [5.74, 6) is 0.867. The average molecular weight is 183 g/mol. The first-order chi connectivity index (χ1) is 6.04. The smallest absolute Gasteiger partial charge is 0.0326 e. The van der Waals surface area contributed by atoms with Crippen LogP contribution in [0.15, 0.2) is 0 Å². The molecule has 1 radical (unpaired) electrons. The summed E-state index contributed by atoms with van der Waals surface area (Å²) in [6.45, 7) is 11.5. The number of rotatable bonds is 7. The molecule has 79 valence electrons. The van der Waals surface area contributed by atoms with Crippen molar-refractivity contribution in [2.45, 2.75) is 66.7 Å². The summed E-state index contributed by atoms with van der Waals surface area (Å²) >= 11 is 0. The van der Waals surface area contributed by atoms with Crippen molar-refractivity contribution in [2.24, 2.45) is 11.3 Å². The Kier molecular flexibility index (Phi) is 6.45. The quantitative estimate of drug-likeness (QED) is 0.529. The molecule has 0 spiro atoms. The van der Waals surface area contributed by atoms with Gasteiger partial charge in [-0.1, -0.05) is 53.9 Å². The molecule has 1 atom stereocenters. The molecule has 0 N–H and O–H groups in total. The molecule has 0 saturated carbocycles. The lowest BCUT2D eigenvalue weighted by Gasteiger charge is -2.28. The van der Waals surface area contributed by atoms with Gasteiger partial charge in [0.25, 0.3) is 0 Å². The van der Waals surface area contributed by atoms with Gasteiger partial charge in [-0.05, 0) is 30.6 Å². The van der Waals surface area contributed by atoms with Crippen molar-refractivity contribution < 1.29 is 0 Å². The van der Waals surface area contributed by atoms with Crippen molar-refractivity contribution in [2.75, 3.05) is 0 Å². The van der Waals surface area contributed by atoms with E-state index in [9.17, 15) is 0 Å². The average Bonchev–Trinajstić information content (AvgIpc) is 2.04. The van der Waals surface area contributed by atoms with E-state index in [1.54, 1.807) is 0 Å². The highest BCUT2D eigenvalue weighted by Gasteiger charge is 2.20. The van der Waals surface area contributed by atoms with E-state index in [4.69, 9.17) is 0 Å². The van der Waals surface area contributed by atoms with E-state index in [1.807, 2.05) is 0 Å². The van der Waals surface area contributed by atoms with Gasteiger partial charge in [0.1, 0.15) is 0 Å². The first kappa shape index (κ1) is 13.0. The van der Waals surface area contributed by atoms with Gasteiger partial charge in [-0.3, -0.25) is 0 Å². The fourth-order valence-corrected chi connectivity index (χ4v) is 1.85. The lowest BCUT2D eigenvalue weighted by molar-refractivity contribution is 0.264. The molecule has 0 amide bonds. The van der Waals surface area contributed by atoms with Crippen molar-refractivity contribution in [1.29, 1.82) is 0 Å². The molecule has 0 heteroatoms. The largest absolute Gasteiger partial charge is 0.0649 e. The highest BCUT2D eigenvalue weighted by molar-refractivity contribution is 4.78. The van der Waals surface area contributed by atoms with Gasteiger partial charge in [-0.25, -0.2) is 0 Å². The topological polar surface area (TPSA) is 0 Å². The van der Waals surface area contributed by atoms with Gasteiger partial charge >= 0.3 is 0 Å². The van der Waals surface area contributed by atoms with E-state index >= 15 is 0 Å². The zero-order valence-electron chi connectivity index (χ0n) is 10.2. The van der Waals surface area contributed by atoms with E-state index < -0.39 is 0 Å². The van der Waals surface area contributed by atoms with Gasteiger partial charge in [0.05, 0.1) is 0 Å². The molecule has 0 aromatic heterocycles. The van der Waals surface area contributed by atoms with Crippen LogP contribution in [0.5, 0.6) is 0 Å². The summed E-state index contributed by atoms with van der Waals surface area (Å²) in [6.07, 6.45) is 9.09. The van der Waals surface area contributed by atoms with Crippen LogP contribution >= 0.6 is 0 Å². The Bertz CT molecular complexity index is 115. The van der Waals surface area contributed by atoms with Crippen LogP contribution < -0.4 is 0 Å². The fourth-order valence-electron chi connectivity index (χ4n) is 1.85. The van der Waals surface area contributed by atoms with Gasteiger partial charge in [0.2, 0.25) is 0 Å². The first-order valence-corrected chi connectivity index (χ1v) is 5.82. The van der Waals surface area contributed by atoms with Crippen molar-refractivity contribution in [3.05, 3.63) is 6.42 Å². The van der Waals surface area contributed by atoms with Gasteiger partial charge < -0.3 is 0 Å². The Hall–Kier alpha value is 0. The minimum Gasteiger partial charge on any atom is -0.0649 e. The standard InChI is InChI=1S/C13H27/c1-6-10-13(5,7-2)11-8-9-12(3)4/h6,12H,7-11H2,1-5H3. The molecule has 0 heterocycles. The molecule has 0 aromatic rings. The van der Waals surface area contributed by atoms with Gasteiger partial charge in [0, 0.05) is 0 Å². The Labute approximate surface area is 85.1 Å². The molecule has 0 nitrogen and oxygen atoms in total. The minimum absolute atomic E-state index is 0.573. The molecule has 0 saturated heterocycles. The Morgan fingerprint density at radius 2 is 1.92 bits per heavy atom. The summed E-state index contributed by atoms with van der Waals surface area (Å²) in [5, 5.41) is 0. The van der Waals surface area contributed by atoms with Crippen LogP contribution in [-0.4, -0.2) is 0 Å². The van der Waals surface area contributed by atoms with Crippen molar-refractivity contribution >= 4 is 0 Å². The Morgan fingerprint density at radius 3 is 2.31 bits per heavy atom. The van der Waals surface area contributed by atoms with E-state index in [0.717, 1.165) is 5.92 Å². The summed E-state index contributed by atoms with van der Waals surface area (Å²) < 4.78 is 0. The van der Waals surface area contributed by atoms with Crippen molar-refractivity contribution in [3.63, 3.8) is 0 Å². The molecular weight excluding hydrogens is 156 g/mol. The van der Waals surface area contributed by atoms with Crippen LogP contribution in [0.4, 0.5) is 0 Å². The molecule has 0 rings (SSSR count). The molecule has 1 unspecified atom stereocenters. The third-order valence-electron chi connectivity index (χ3n) is 3.11. The van der Waals surface area contributed by atoms with E-state index in [-0.39, 0.29) is 0 Å². The van der Waals surface area contributed by atoms with Crippen LogP contribution in [0.25, 0.3) is 0 Å². The van der Waals surface area contributed by atoms with E-state index in [1.165, 1.54) is 32.1 Å². The predicted octanol–water partition coefficient (Wildman–Crippen LogP) is 4.84. The molecule has 13 heavy (non-hydrogen) atoms. The second-order valence-corrected chi connectivity index (χ2v) is 5.06. The predicted molar refractivity (Wildman–Crippen MR) is 61.7 cm³/mol. The molecule has 0 aliphatic rings. The molecular formula is C13H27. The number of hydrogen-bond donors (Lipinski definition) is 0. The maximum Gasteiger partial charge on any atom is -0.0326 e. The van der Waals surface area contributed by atoms with Gasteiger partial charge in [-0.15, -0.1) is 0 Å². The Balaban J connectivity index is 3.69. The Morgan fingerprint density at radius 1 is 1.31 bits per heavy atom. The van der Waals surface area contributed by atoms with Gasteiger partial charge in [-0.2, -0.15) is 0 Å². The van der Waals surface area contributed by atoms with Crippen LogP contribution in [0.2, 0.25) is 0 Å². The third kappa shape index (κ3) is 6.12. The summed E-state index contributed by atoms with van der Waals surface area (Å²) in [4.78, 5) is 0. The number of hydrogen-bond acceptors (Lipinski definition) is 0. The van der Waals surface area contributed by atoms with Crippen molar-refractivity contribution in [3.8, 4) is 0 Å². The SMILES string of the molecule is C[CH]CC(C)(CC)CCCC(C)C. The molecule has 0 fully saturated rings. The molecule has 0 bridgehead atoms. The zero-order chi connectivity index (χ0) is 10.3. The van der Waals surface area contributed by atoms with E-state index in [0.29, 0.717) is 5.41 Å². The fraction of sp³-hybridized carbons (Fsp3) is 0.923. The normalized spacial score (nSPS) is 16.2. The van der Waals surface area contributed by atoms with Crippen LogP contribution in [0, 0.1) is 17.8 Å². The van der Waals surface area contributed by atoms with Crippen LogP contribution in [0.3, 0.4) is 0 Å². The van der Waals surface area contributed by atoms with Crippen molar-refractivity contribution in [1.82, 2.24) is 0 Å². The molecule has 0 aliphatic carbocycles. The second kappa shape index (κ2) is 6.45. The van der Waals surface area contributed by atoms with Gasteiger partial charge in [0.15, 0.2) is 0 Å². The molecule has 0 aliphatic heterocycles. The summed E-state index contributed by atoms with van der Waals surface area (Å²) in [7, 11) is 0. The zero-order valence-corrected chi connectivity index (χ0v) is 10.2. The lowest BCUT2D eigenvalue weighted by atomic mass is 9.78. The summed E-state index contributed by atoms with van der Waals surface area (Å²) in [6, 6.07) is 0. The summed E-state index contributed by atoms with van der Waals surface area (Å²) in [5.41, 5.74) is 0.573. The highest BCUT2D eigenvalue weighted by atomic mass is 14.3. The third-order valence-corrected chi connectivity index (χ3v) is 3.11. The molecule has 0 aromatic carbocycles. The maximum atomic E-state index is 2.42. The van der Waals surface area contributed by atoms with Crippen LogP contribution in [0.1, 0.15) is 66.7 Å². The van der Waals surface area contributed by atoms with E-state index in [2.05, 4.69) is 41.0 Å².